The van der Waals surface area contributed by atoms with Crippen LogP contribution in [0.25, 0.3) is 0 Å². The first kappa shape index (κ1) is 18.8. The summed E-state index contributed by atoms with van der Waals surface area (Å²) in [6, 6.07) is 15.3. The lowest BCUT2D eigenvalue weighted by Crippen LogP contribution is -2.33. The summed E-state index contributed by atoms with van der Waals surface area (Å²) in [6.07, 6.45) is 3.32. The molecule has 3 aromatic rings. The van der Waals surface area contributed by atoms with Crippen LogP contribution in [-0.4, -0.2) is 25.2 Å². The molecular weight excluding hydrogens is 360 g/mol. The number of aromatic nitrogens is 1. The van der Waals surface area contributed by atoms with Crippen LogP contribution in [0.2, 0.25) is 0 Å². The fraction of sp³-hybridized carbons (Fsp3) is 0.100. The van der Waals surface area contributed by atoms with E-state index in [4.69, 9.17) is 14.2 Å². The fourth-order valence-corrected chi connectivity index (χ4v) is 2.34. The molecule has 3 N–H and O–H groups in total. The van der Waals surface area contributed by atoms with Crippen LogP contribution in [0, 0.1) is 0 Å². The first-order valence-corrected chi connectivity index (χ1v) is 8.41. The van der Waals surface area contributed by atoms with E-state index in [1.807, 2.05) is 0 Å². The van der Waals surface area contributed by atoms with Gasteiger partial charge in [0.1, 0.15) is 23.0 Å². The maximum atomic E-state index is 12.1. The maximum Gasteiger partial charge on any atom is 0.337 e. The molecule has 0 saturated carbocycles. The zero-order chi connectivity index (χ0) is 19.8. The van der Waals surface area contributed by atoms with E-state index in [2.05, 4.69) is 21.2 Å². The van der Waals surface area contributed by atoms with Crippen LogP contribution in [-0.2, 0) is 0 Å². The van der Waals surface area contributed by atoms with Gasteiger partial charge in [0.2, 0.25) is 0 Å². The van der Waals surface area contributed by atoms with Crippen LogP contribution in [0.15, 0.2) is 67.0 Å². The van der Waals surface area contributed by atoms with Crippen LogP contribution in [0.3, 0.4) is 0 Å². The van der Waals surface area contributed by atoms with Crippen LogP contribution < -0.4 is 30.4 Å². The van der Waals surface area contributed by atoms with Crippen LogP contribution in [0.4, 0.5) is 16.2 Å². The molecule has 1 heterocycles. The Hall–Kier alpha value is -3.94. The summed E-state index contributed by atoms with van der Waals surface area (Å²) in [5.41, 5.74) is 6.56. The summed E-state index contributed by atoms with van der Waals surface area (Å²) < 4.78 is 16.1. The minimum absolute atomic E-state index is 0.455. The number of ether oxygens (including phenoxy) is 3. The molecule has 0 bridgehead atoms. The summed E-state index contributed by atoms with van der Waals surface area (Å²) in [5.74, 6) is 2.49. The lowest BCUT2D eigenvalue weighted by molar-refractivity contribution is 0.253. The third-order valence-corrected chi connectivity index (χ3v) is 3.71. The molecule has 8 heteroatoms. The number of urea groups is 1. The predicted molar refractivity (Wildman–Crippen MR) is 106 cm³/mol. The summed E-state index contributed by atoms with van der Waals surface area (Å²) in [6.45, 7) is 0. The minimum Gasteiger partial charge on any atom is -0.497 e. The van der Waals surface area contributed by atoms with Gasteiger partial charge in [0.05, 0.1) is 25.6 Å². The highest BCUT2D eigenvalue weighted by atomic mass is 16.5. The smallest absolute Gasteiger partial charge is 0.337 e. The zero-order valence-electron chi connectivity index (χ0n) is 15.4. The van der Waals surface area contributed by atoms with Gasteiger partial charge in [-0.05, 0) is 48.5 Å². The standard InChI is InChI=1S/C20H20N4O4/c1-26-17-7-8-19(27-2)18(13-17)22-20(25)24-23-14-3-5-15(6-4-14)28-16-9-11-21-12-10-16/h3-13,23H,1-2H3,(H2,22,24,25). The van der Waals surface area contributed by atoms with Gasteiger partial charge in [0.25, 0.3) is 0 Å². The number of benzene rings is 2. The first-order chi connectivity index (χ1) is 13.7. The Balaban J connectivity index is 1.55. The van der Waals surface area contributed by atoms with Crippen molar-refractivity contribution in [1.29, 1.82) is 0 Å². The molecule has 0 aliphatic rings. The molecule has 0 fully saturated rings. The van der Waals surface area contributed by atoms with Gasteiger partial charge in [-0.3, -0.25) is 15.8 Å². The van der Waals surface area contributed by atoms with Crippen molar-refractivity contribution in [3.05, 3.63) is 67.0 Å². The van der Waals surface area contributed by atoms with E-state index in [0.29, 0.717) is 34.4 Å². The van der Waals surface area contributed by atoms with Gasteiger partial charge < -0.3 is 19.5 Å². The van der Waals surface area contributed by atoms with Crippen molar-refractivity contribution in [1.82, 2.24) is 10.4 Å². The number of nitrogens with zero attached hydrogens (tertiary/aromatic N) is 1. The number of amides is 2. The molecule has 1 aromatic heterocycles. The number of carbonyl (C=O) groups excluding carboxylic acids is 1. The summed E-state index contributed by atoms with van der Waals surface area (Å²) >= 11 is 0. The highest BCUT2D eigenvalue weighted by Gasteiger charge is 2.09. The minimum atomic E-state index is -0.455. The molecule has 8 nitrogen and oxygen atoms in total. The van der Waals surface area contributed by atoms with E-state index in [9.17, 15) is 4.79 Å². The number of hydrogen-bond acceptors (Lipinski definition) is 6. The number of anilines is 2. The van der Waals surface area contributed by atoms with Gasteiger partial charge >= 0.3 is 6.03 Å². The second-order valence-electron chi connectivity index (χ2n) is 5.58. The second kappa shape index (κ2) is 9.13. The molecule has 0 radical (unpaired) electrons. The largest absolute Gasteiger partial charge is 0.497 e. The summed E-state index contributed by atoms with van der Waals surface area (Å²) in [7, 11) is 3.08. The van der Waals surface area contributed by atoms with Crippen molar-refractivity contribution < 1.29 is 19.0 Å². The van der Waals surface area contributed by atoms with Crippen molar-refractivity contribution in [2.24, 2.45) is 0 Å². The lowest BCUT2D eigenvalue weighted by atomic mass is 10.2. The van der Waals surface area contributed by atoms with E-state index < -0.39 is 6.03 Å². The topological polar surface area (TPSA) is 93.7 Å². The molecular formula is C20H20N4O4. The molecule has 0 unspecified atom stereocenters. The molecule has 0 saturated heterocycles. The maximum absolute atomic E-state index is 12.1. The van der Waals surface area contributed by atoms with E-state index in [1.165, 1.54) is 7.11 Å². The van der Waals surface area contributed by atoms with Crippen molar-refractivity contribution in [2.45, 2.75) is 0 Å². The van der Waals surface area contributed by atoms with E-state index >= 15 is 0 Å². The number of hydrogen-bond donors (Lipinski definition) is 3. The van der Waals surface area contributed by atoms with E-state index in [0.717, 1.165) is 0 Å². The Morgan fingerprint density at radius 1 is 0.857 bits per heavy atom. The van der Waals surface area contributed by atoms with Gasteiger partial charge in [-0.15, -0.1) is 0 Å². The molecule has 28 heavy (non-hydrogen) atoms. The Morgan fingerprint density at radius 3 is 2.21 bits per heavy atom. The zero-order valence-corrected chi connectivity index (χ0v) is 15.4. The summed E-state index contributed by atoms with van der Waals surface area (Å²) in [4.78, 5) is 16.1. The predicted octanol–water partition coefficient (Wildman–Crippen LogP) is 4.04. The van der Waals surface area contributed by atoms with Crippen molar-refractivity contribution in [3.63, 3.8) is 0 Å². The molecule has 3 rings (SSSR count). The van der Waals surface area contributed by atoms with Crippen molar-refractivity contribution >= 4 is 17.4 Å². The average molecular weight is 380 g/mol. The van der Waals surface area contributed by atoms with E-state index in [-0.39, 0.29) is 0 Å². The SMILES string of the molecule is COc1ccc(OC)c(NC(=O)NNc2ccc(Oc3ccncc3)cc2)c1. The third-order valence-electron chi connectivity index (χ3n) is 3.71. The molecule has 0 aliphatic heterocycles. The highest BCUT2D eigenvalue weighted by molar-refractivity contribution is 5.91. The quantitative estimate of drug-likeness (QED) is 0.536. The molecule has 0 atom stereocenters. The Labute approximate surface area is 162 Å². The fourth-order valence-electron chi connectivity index (χ4n) is 2.34. The number of carbonyl (C=O) groups is 1. The van der Waals surface area contributed by atoms with E-state index in [1.54, 1.807) is 74.1 Å². The Bertz CT molecular complexity index is 917. The lowest BCUT2D eigenvalue weighted by Gasteiger charge is -2.13. The third kappa shape index (κ3) is 5.04. The van der Waals surface area contributed by atoms with Gasteiger partial charge in [-0.1, -0.05) is 0 Å². The monoisotopic (exact) mass is 380 g/mol. The molecule has 0 aliphatic carbocycles. The van der Waals surface area contributed by atoms with Gasteiger partial charge in [0.15, 0.2) is 0 Å². The molecule has 0 spiro atoms. The van der Waals surface area contributed by atoms with Gasteiger partial charge in [0, 0.05) is 18.5 Å². The number of rotatable bonds is 7. The number of pyridine rings is 1. The first-order valence-electron chi connectivity index (χ1n) is 8.41. The van der Waals surface area contributed by atoms with Gasteiger partial charge in [-0.2, -0.15) is 0 Å². The Morgan fingerprint density at radius 2 is 1.54 bits per heavy atom. The summed E-state index contributed by atoms with van der Waals surface area (Å²) in [5, 5.41) is 2.70. The van der Waals surface area contributed by atoms with Crippen LogP contribution >= 0.6 is 0 Å². The van der Waals surface area contributed by atoms with Crippen LogP contribution in [0.5, 0.6) is 23.0 Å². The van der Waals surface area contributed by atoms with Crippen molar-refractivity contribution in [3.8, 4) is 23.0 Å². The highest BCUT2D eigenvalue weighted by Crippen LogP contribution is 2.28. The normalized spacial score (nSPS) is 9.93. The Kier molecular flexibility index (Phi) is 6.14. The second-order valence-corrected chi connectivity index (χ2v) is 5.58. The van der Waals surface area contributed by atoms with Gasteiger partial charge in [-0.25, -0.2) is 4.79 Å². The molecule has 2 amide bonds. The number of nitrogens with one attached hydrogen (secondary N) is 3. The molecule has 2 aromatic carbocycles. The van der Waals surface area contributed by atoms with Crippen LogP contribution in [0.1, 0.15) is 0 Å². The average Bonchev–Trinajstić information content (AvgIpc) is 2.74. The van der Waals surface area contributed by atoms with Crippen molar-refractivity contribution in [2.75, 3.05) is 25.0 Å². The number of hydrazine groups is 1. The molecule has 144 valence electrons. The number of methoxy groups -OCH3 is 2.